The van der Waals surface area contributed by atoms with Crippen molar-refractivity contribution in [1.29, 1.82) is 0 Å². The van der Waals surface area contributed by atoms with Crippen LogP contribution in [0.3, 0.4) is 0 Å². The Hall–Kier alpha value is -2.81. The third-order valence-corrected chi connectivity index (χ3v) is 7.09. The van der Waals surface area contributed by atoms with E-state index < -0.39 is 5.72 Å². The summed E-state index contributed by atoms with van der Waals surface area (Å²) in [6.07, 6.45) is 7.32. The number of fused-ring (bicyclic) bond motifs is 4. The van der Waals surface area contributed by atoms with Crippen LogP contribution < -0.4 is 9.64 Å². The van der Waals surface area contributed by atoms with Crippen LogP contribution in [-0.4, -0.2) is 17.8 Å². The van der Waals surface area contributed by atoms with Gasteiger partial charge in [-0.1, -0.05) is 19.1 Å². The van der Waals surface area contributed by atoms with Crippen molar-refractivity contribution in [2.24, 2.45) is 0 Å². The van der Waals surface area contributed by atoms with E-state index in [4.69, 9.17) is 4.74 Å². The second-order valence-corrected chi connectivity index (χ2v) is 8.38. The van der Waals surface area contributed by atoms with E-state index in [-0.39, 0.29) is 5.41 Å². The zero-order valence-corrected chi connectivity index (χ0v) is 17.2. The van der Waals surface area contributed by atoms with Gasteiger partial charge in [-0.2, -0.15) is 0 Å². The number of anilines is 1. The molecule has 0 radical (unpaired) electrons. The zero-order valence-electron chi connectivity index (χ0n) is 17.2. The molecule has 0 saturated heterocycles. The molecule has 3 nitrogen and oxygen atoms in total. The third-order valence-electron chi connectivity index (χ3n) is 7.09. The maximum Gasteiger partial charge on any atom is 0.212 e. The van der Waals surface area contributed by atoms with Crippen molar-refractivity contribution in [1.82, 2.24) is 4.98 Å². The van der Waals surface area contributed by atoms with Crippen LogP contribution in [0.1, 0.15) is 42.5 Å². The molecule has 142 valence electrons. The van der Waals surface area contributed by atoms with E-state index in [0.717, 1.165) is 28.6 Å². The number of nitrogens with zero attached hydrogens (tertiary/aromatic N) is 2. The highest BCUT2D eigenvalue weighted by Gasteiger charge is 2.59. The number of rotatable bonds is 1. The minimum absolute atomic E-state index is 0.145. The first kappa shape index (κ1) is 17.3. The first-order valence-corrected chi connectivity index (χ1v) is 10.0. The molecule has 1 spiro atoms. The van der Waals surface area contributed by atoms with Gasteiger partial charge < -0.3 is 9.64 Å². The van der Waals surface area contributed by atoms with Crippen LogP contribution in [0, 0.1) is 13.8 Å². The summed E-state index contributed by atoms with van der Waals surface area (Å²) >= 11 is 0. The van der Waals surface area contributed by atoms with Crippen LogP contribution in [-0.2, 0) is 5.41 Å². The molecule has 1 aromatic heterocycles. The topological polar surface area (TPSA) is 25.4 Å². The molecule has 0 saturated carbocycles. The molecule has 0 N–H and O–H groups in total. The Labute approximate surface area is 166 Å². The van der Waals surface area contributed by atoms with Gasteiger partial charge in [-0.3, -0.25) is 4.98 Å². The average Bonchev–Trinajstić information content (AvgIpc) is 2.88. The summed E-state index contributed by atoms with van der Waals surface area (Å²) in [5.41, 5.74) is 6.73. The number of ether oxygens (including phenoxy) is 1. The number of benzene rings is 2. The minimum atomic E-state index is -0.535. The van der Waals surface area contributed by atoms with Gasteiger partial charge >= 0.3 is 0 Å². The summed E-state index contributed by atoms with van der Waals surface area (Å²) in [4.78, 5) is 6.81. The maximum atomic E-state index is 6.88. The molecule has 28 heavy (non-hydrogen) atoms. The predicted molar refractivity (Wildman–Crippen MR) is 116 cm³/mol. The van der Waals surface area contributed by atoms with Gasteiger partial charge in [-0.25, -0.2) is 0 Å². The molecule has 5 rings (SSSR count). The fourth-order valence-electron chi connectivity index (χ4n) is 5.00. The smallest absolute Gasteiger partial charge is 0.212 e. The molecule has 2 unspecified atom stereocenters. The predicted octanol–water partition coefficient (Wildman–Crippen LogP) is 5.77. The second-order valence-electron chi connectivity index (χ2n) is 8.38. The number of hydrogen-bond donors (Lipinski definition) is 0. The van der Waals surface area contributed by atoms with Gasteiger partial charge in [0.2, 0.25) is 5.72 Å². The number of aromatic nitrogens is 1. The molecule has 2 aromatic carbocycles. The van der Waals surface area contributed by atoms with Crippen LogP contribution in [0.4, 0.5) is 5.69 Å². The Morgan fingerprint density at radius 2 is 1.89 bits per heavy atom. The number of hydrogen-bond acceptors (Lipinski definition) is 3. The second kappa shape index (κ2) is 5.60. The molecule has 3 heterocycles. The molecule has 2 aliphatic heterocycles. The van der Waals surface area contributed by atoms with Crippen LogP contribution in [0.15, 0.2) is 48.7 Å². The first-order valence-electron chi connectivity index (χ1n) is 10.0. The molecule has 2 aliphatic rings. The number of pyridine rings is 1. The normalized spacial score (nSPS) is 25.1. The van der Waals surface area contributed by atoms with Crippen LogP contribution in [0.2, 0.25) is 0 Å². The van der Waals surface area contributed by atoms with Gasteiger partial charge in [0.05, 0.1) is 10.9 Å². The van der Waals surface area contributed by atoms with Crippen molar-refractivity contribution in [3.8, 4) is 5.75 Å². The fourth-order valence-corrected chi connectivity index (χ4v) is 5.00. The van der Waals surface area contributed by atoms with E-state index in [1.807, 2.05) is 12.3 Å². The molecular weight excluding hydrogens is 344 g/mol. The van der Waals surface area contributed by atoms with Gasteiger partial charge in [-0.15, -0.1) is 0 Å². The summed E-state index contributed by atoms with van der Waals surface area (Å²) in [7, 11) is 2.16. The van der Waals surface area contributed by atoms with Gasteiger partial charge in [0.1, 0.15) is 5.75 Å². The van der Waals surface area contributed by atoms with Crippen molar-refractivity contribution >= 4 is 22.7 Å². The quantitative estimate of drug-likeness (QED) is 0.544. The molecule has 0 fully saturated rings. The summed E-state index contributed by atoms with van der Waals surface area (Å²) in [6, 6.07) is 12.9. The summed E-state index contributed by atoms with van der Waals surface area (Å²) in [5.74, 6) is 0.927. The van der Waals surface area contributed by atoms with Gasteiger partial charge in [0, 0.05) is 29.9 Å². The summed E-state index contributed by atoms with van der Waals surface area (Å²) in [6.45, 7) is 8.98. The Morgan fingerprint density at radius 3 is 2.68 bits per heavy atom. The molecule has 0 amide bonds. The van der Waals surface area contributed by atoms with Crippen LogP contribution >= 0.6 is 0 Å². The average molecular weight is 370 g/mol. The molecule has 2 atom stereocenters. The van der Waals surface area contributed by atoms with E-state index in [9.17, 15) is 0 Å². The number of likely N-dealkylation sites (N-methyl/N-ethyl adjacent to an activating group) is 1. The van der Waals surface area contributed by atoms with E-state index in [0.29, 0.717) is 0 Å². The van der Waals surface area contributed by atoms with E-state index >= 15 is 0 Å². The third kappa shape index (κ3) is 1.97. The zero-order chi connectivity index (χ0) is 19.7. The molecular formula is C25H26N2O. The standard InChI is InChI=1S/C25H26N2O/c1-6-24(4)20-14-16(2)17(3)15-22(20)27(5)25(24)12-11-19-18-8-7-13-26-21(18)9-10-23(19)28-25/h7-15H,6H2,1-5H3. The van der Waals surface area contributed by atoms with E-state index in [1.165, 1.54) is 22.4 Å². The lowest BCUT2D eigenvalue weighted by Crippen LogP contribution is -2.59. The highest BCUT2D eigenvalue weighted by molar-refractivity contribution is 5.92. The monoisotopic (exact) mass is 370 g/mol. The van der Waals surface area contributed by atoms with Gasteiger partial charge in [-0.05, 0) is 80.3 Å². The molecule has 0 aliphatic carbocycles. The van der Waals surface area contributed by atoms with Crippen LogP contribution in [0.25, 0.3) is 17.0 Å². The number of aryl methyl sites for hydroxylation is 2. The maximum absolute atomic E-state index is 6.88. The minimum Gasteiger partial charge on any atom is -0.463 e. The Balaban J connectivity index is 1.73. The fraction of sp³-hybridized carbons (Fsp3) is 0.320. The lowest BCUT2D eigenvalue weighted by atomic mass is 9.72. The highest BCUT2D eigenvalue weighted by atomic mass is 16.5. The lowest BCUT2D eigenvalue weighted by Gasteiger charge is -2.47. The summed E-state index contributed by atoms with van der Waals surface area (Å²) < 4.78 is 6.88. The first-order chi connectivity index (χ1) is 13.4. The lowest BCUT2D eigenvalue weighted by molar-refractivity contribution is 0.0470. The Morgan fingerprint density at radius 1 is 1.11 bits per heavy atom. The highest BCUT2D eigenvalue weighted by Crippen LogP contribution is 2.56. The SMILES string of the molecule is CCC1(C)c2cc(C)c(C)cc2N(C)C12C=Cc1c(ccc3ncccc13)O2. The summed E-state index contributed by atoms with van der Waals surface area (Å²) in [5, 5.41) is 1.13. The van der Waals surface area contributed by atoms with Crippen molar-refractivity contribution in [3.63, 3.8) is 0 Å². The largest absolute Gasteiger partial charge is 0.463 e. The molecule has 3 aromatic rings. The van der Waals surface area contributed by atoms with Crippen molar-refractivity contribution in [2.75, 3.05) is 11.9 Å². The van der Waals surface area contributed by atoms with Gasteiger partial charge in [0.25, 0.3) is 0 Å². The van der Waals surface area contributed by atoms with E-state index in [1.54, 1.807) is 0 Å². The molecule has 0 bridgehead atoms. The van der Waals surface area contributed by atoms with Gasteiger partial charge in [0.15, 0.2) is 0 Å². The van der Waals surface area contributed by atoms with Crippen molar-refractivity contribution in [3.05, 3.63) is 70.9 Å². The molecule has 3 heteroatoms. The Bertz CT molecular complexity index is 1150. The Kier molecular flexibility index (Phi) is 3.46. The van der Waals surface area contributed by atoms with Crippen LogP contribution in [0.5, 0.6) is 5.75 Å². The van der Waals surface area contributed by atoms with Crippen molar-refractivity contribution in [2.45, 2.75) is 45.3 Å². The van der Waals surface area contributed by atoms with E-state index in [2.05, 4.69) is 87.1 Å². The van der Waals surface area contributed by atoms with Crippen molar-refractivity contribution < 1.29 is 4.74 Å².